The number of methoxy groups -OCH3 is 1. The fourth-order valence-corrected chi connectivity index (χ4v) is 3.58. The molecule has 26 heavy (non-hydrogen) atoms. The Kier molecular flexibility index (Phi) is 5.59. The number of benzene rings is 1. The molecule has 0 bridgehead atoms. The van der Waals surface area contributed by atoms with Crippen LogP contribution >= 0.6 is 0 Å². The Labute approximate surface area is 157 Å². The number of hydrogen-bond acceptors (Lipinski definition) is 5. The van der Waals surface area contributed by atoms with Gasteiger partial charge in [-0.25, -0.2) is 4.79 Å². The molecule has 0 saturated carbocycles. The molecule has 1 atom stereocenters. The lowest BCUT2D eigenvalue weighted by atomic mass is 9.96. The lowest BCUT2D eigenvalue weighted by molar-refractivity contribution is 0.0533. The quantitative estimate of drug-likeness (QED) is 0.456. The number of aliphatic hydroxyl groups excluding tert-OH is 1. The summed E-state index contributed by atoms with van der Waals surface area (Å²) in [5.74, 6) is 0.701. The van der Waals surface area contributed by atoms with E-state index in [-0.39, 0.29) is 24.0 Å². The van der Waals surface area contributed by atoms with Gasteiger partial charge in [0.05, 0.1) is 13.2 Å². The third kappa shape index (κ3) is 3.81. The minimum absolute atomic E-state index is 0.0459. The first-order valence-corrected chi connectivity index (χ1v) is 11.7. The fraction of sp³-hybridized carbons (Fsp3) is 0.550. The highest BCUT2D eigenvalue weighted by Crippen LogP contribution is 2.44. The summed E-state index contributed by atoms with van der Waals surface area (Å²) in [6.07, 6.45) is -0.482. The fourth-order valence-electron chi connectivity index (χ4n) is 2.54. The van der Waals surface area contributed by atoms with Crippen molar-refractivity contribution < 1.29 is 23.8 Å². The summed E-state index contributed by atoms with van der Waals surface area (Å²) in [7, 11) is -0.655. The van der Waals surface area contributed by atoms with E-state index in [4.69, 9.17) is 13.9 Å². The smallest absolute Gasteiger partial charge is 0.342 e. The van der Waals surface area contributed by atoms with Crippen molar-refractivity contribution in [1.29, 1.82) is 0 Å². The molecule has 1 aliphatic rings. The van der Waals surface area contributed by atoms with Crippen molar-refractivity contribution in [2.24, 2.45) is 0 Å². The number of rotatable bonds is 6. The first-order chi connectivity index (χ1) is 11.9. The minimum Gasteiger partial charge on any atom is -0.543 e. The highest BCUT2D eigenvalue weighted by Gasteiger charge is 2.42. The Morgan fingerprint density at radius 3 is 2.54 bits per heavy atom. The van der Waals surface area contributed by atoms with Crippen LogP contribution in [-0.4, -0.2) is 32.6 Å². The summed E-state index contributed by atoms with van der Waals surface area (Å²) in [6.45, 7) is 16.5. The van der Waals surface area contributed by atoms with Gasteiger partial charge in [-0.2, -0.15) is 0 Å². The summed E-state index contributed by atoms with van der Waals surface area (Å²) >= 11 is 0. The molecule has 1 N–H and O–H groups in total. The molecule has 2 rings (SSSR count). The van der Waals surface area contributed by atoms with Crippen LogP contribution in [0.5, 0.6) is 11.5 Å². The predicted octanol–water partition coefficient (Wildman–Crippen LogP) is 4.23. The van der Waals surface area contributed by atoms with Gasteiger partial charge >= 0.3 is 5.97 Å². The Balaban J connectivity index is 2.67. The van der Waals surface area contributed by atoms with Gasteiger partial charge in [0.15, 0.2) is 0 Å². The van der Waals surface area contributed by atoms with Crippen LogP contribution in [0.2, 0.25) is 18.1 Å². The molecule has 1 aliphatic heterocycles. The van der Waals surface area contributed by atoms with E-state index in [1.165, 1.54) is 0 Å². The molecular weight excluding hydrogens is 348 g/mol. The third-order valence-corrected chi connectivity index (χ3v) is 9.66. The number of cyclic esters (lactones) is 1. The number of hydrogen-bond donors (Lipinski definition) is 1. The zero-order valence-corrected chi connectivity index (χ0v) is 17.9. The average molecular weight is 379 g/mol. The molecule has 0 radical (unpaired) electrons. The molecule has 0 spiro atoms. The second-order valence-electron chi connectivity index (χ2n) is 8.43. The molecule has 0 aromatic heterocycles. The number of fused-ring (bicyclic) bond motifs is 1. The van der Waals surface area contributed by atoms with Crippen molar-refractivity contribution in [3.63, 3.8) is 0 Å². The van der Waals surface area contributed by atoms with Gasteiger partial charge in [-0.05, 0) is 31.1 Å². The molecule has 0 amide bonds. The van der Waals surface area contributed by atoms with E-state index in [9.17, 15) is 9.90 Å². The van der Waals surface area contributed by atoms with Gasteiger partial charge in [-0.1, -0.05) is 32.9 Å². The zero-order valence-electron chi connectivity index (χ0n) is 16.9. The van der Waals surface area contributed by atoms with Gasteiger partial charge in [-0.15, -0.1) is 0 Å². The maximum atomic E-state index is 12.4. The van der Waals surface area contributed by atoms with E-state index < -0.39 is 14.4 Å². The van der Waals surface area contributed by atoms with Crippen LogP contribution in [0.15, 0.2) is 18.2 Å². The molecule has 1 heterocycles. The highest BCUT2D eigenvalue weighted by molar-refractivity contribution is 6.74. The third-order valence-electron chi connectivity index (χ3n) is 5.34. The predicted molar refractivity (Wildman–Crippen MR) is 104 cm³/mol. The number of aliphatic hydroxyl groups is 1. The monoisotopic (exact) mass is 378 g/mol. The molecule has 1 aromatic rings. The molecule has 1 aromatic carbocycles. The van der Waals surface area contributed by atoms with Crippen molar-refractivity contribution in [1.82, 2.24) is 0 Å². The van der Waals surface area contributed by atoms with Crippen LogP contribution in [0, 0.1) is 0 Å². The van der Waals surface area contributed by atoms with E-state index in [1.54, 1.807) is 20.1 Å². The average Bonchev–Trinajstić information content (AvgIpc) is 2.88. The van der Waals surface area contributed by atoms with Gasteiger partial charge in [-0.3, -0.25) is 0 Å². The van der Waals surface area contributed by atoms with Crippen LogP contribution in [0.1, 0.15) is 49.2 Å². The molecule has 0 saturated heterocycles. The van der Waals surface area contributed by atoms with Crippen molar-refractivity contribution in [3.05, 3.63) is 34.9 Å². The lowest BCUT2D eigenvalue weighted by Gasteiger charge is -2.37. The summed E-state index contributed by atoms with van der Waals surface area (Å²) in [4.78, 5) is 12.4. The van der Waals surface area contributed by atoms with E-state index in [0.717, 1.165) is 5.56 Å². The van der Waals surface area contributed by atoms with Crippen LogP contribution in [0.25, 0.3) is 0 Å². The van der Waals surface area contributed by atoms with Gasteiger partial charge < -0.3 is 19.0 Å². The van der Waals surface area contributed by atoms with Gasteiger partial charge in [0, 0.05) is 17.5 Å². The summed E-state index contributed by atoms with van der Waals surface area (Å²) < 4.78 is 17.3. The Morgan fingerprint density at radius 1 is 1.42 bits per heavy atom. The number of carbonyl (C=O) groups excluding carboxylic acids is 1. The topological polar surface area (TPSA) is 65.0 Å². The van der Waals surface area contributed by atoms with Crippen molar-refractivity contribution in [3.8, 4) is 11.5 Å². The van der Waals surface area contributed by atoms with Gasteiger partial charge in [0.25, 0.3) is 8.32 Å². The highest BCUT2D eigenvalue weighted by atomic mass is 28.4. The normalized spacial score (nSPS) is 15.3. The largest absolute Gasteiger partial charge is 0.543 e. The van der Waals surface area contributed by atoms with E-state index in [1.807, 2.05) is 0 Å². The van der Waals surface area contributed by atoms with Crippen LogP contribution in [0.3, 0.4) is 0 Å². The summed E-state index contributed by atoms with van der Waals surface area (Å²) in [5, 5.41) is 10.3. The minimum atomic E-state index is -2.23. The maximum absolute atomic E-state index is 12.4. The first kappa shape index (κ1) is 20.5. The van der Waals surface area contributed by atoms with Crippen molar-refractivity contribution in [2.45, 2.75) is 65.0 Å². The maximum Gasteiger partial charge on any atom is 0.342 e. The zero-order chi connectivity index (χ0) is 19.9. The second-order valence-corrected chi connectivity index (χ2v) is 13.2. The van der Waals surface area contributed by atoms with Crippen molar-refractivity contribution >= 4 is 14.3 Å². The Bertz CT molecular complexity index is 731. The summed E-state index contributed by atoms with van der Waals surface area (Å²) in [5.41, 5.74) is 2.55. The molecule has 144 valence electrons. The molecular formula is C20H30O5Si. The van der Waals surface area contributed by atoms with Gasteiger partial charge in [0.1, 0.15) is 23.7 Å². The van der Waals surface area contributed by atoms with E-state index in [0.29, 0.717) is 28.2 Å². The second kappa shape index (κ2) is 7.08. The Hall–Kier alpha value is -1.79. The molecule has 5 nitrogen and oxygen atoms in total. The van der Waals surface area contributed by atoms with E-state index >= 15 is 0 Å². The first-order valence-electron chi connectivity index (χ1n) is 8.81. The van der Waals surface area contributed by atoms with Crippen LogP contribution in [-0.2, 0) is 17.8 Å². The molecule has 1 unspecified atom stereocenters. The van der Waals surface area contributed by atoms with Crippen LogP contribution in [0.4, 0.5) is 0 Å². The number of carbonyl (C=O) groups is 1. The number of ether oxygens (including phenoxy) is 2. The standard InChI is InChI=1S/C20H30O5Si/c1-12(2)15(21)10-14-16(23-6)9-13-11-24-19(22)17(13)18(14)25-26(7,8)20(3,4)5/h9,15,21H,1,10-11H2,2-8H3. The van der Waals surface area contributed by atoms with Crippen LogP contribution < -0.4 is 9.16 Å². The molecule has 0 fully saturated rings. The SMILES string of the molecule is C=C(C)C(O)Cc1c(OC)cc2c(c1O[Si](C)(C)C(C)(C)C)C(=O)OC2. The Morgan fingerprint density at radius 2 is 2.04 bits per heavy atom. The lowest BCUT2D eigenvalue weighted by Crippen LogP contribution is -2.44. The molecule has 6 heteroatoms. The number of esters is 1. The molecule has 0 aliphatic carbocycles. The van der Waals surface area contributed by atoms with Crippen molar-refractivity contribution in [2.75, 3.05) is 7.11 Å². The van der Waals surface area contributed by atoms with Gasteiger partial charge in [0.2, 0.25) is 0 Å². The van der Waals surface area contributed by atoms with E-state index in [2.05, 4.69) is 40.4 Å². The summed E-state index contributed by atoms with van der Waals surface area (Å²) in [6, 6.07) is 1.80.